The van der Waals surface area contributed by atoms with Crippen molar-refractivity contribution in [3.63, 3.8) is 0 Å². The van der Waals surface area contributed by atoms with Gasteiger partial charge in [-0.2, -0.15) is 0 Å². The first-order valence-electron chi connectivity index (χ1n) is 6.26. The zero-order chi connectivity index (χ0) is 13.4. The molecule has 0 aromatic carbocycles. The van der Waals surface area contributed by atoms with Crippen molar-refractivity contribution in [1.82, 2.24) is 19.4 Å². The predicted octanol–water partition coefficient (Wildman–Crippen LogP) is 2.32. The summed E-state index contributed by atoms with van der Waals surface area (Å²) in [6.07, 6.45) is 7.60. The number of hydrogen-bond donors (Lipinski definition) is 1. The molecule has 1 saturated carbocycles. The second-order valence-corrected chi connectivity index (χ2v) is 5.77. The van der Waals surface area contributed by atoms with Crippen molar-refractivity contribution in [2.75, 3.05) is 0 Å². The van der Waals surface area contributed by atoms with E-state index in [1.165, 1.54) is 0 Å². The summed E-state index contributed by atoms with van der Waals surface area (Å²) >= 11 is 3.36. The number of nitrogens with one attached hydrogen (secondary N) is 1. The first kappa shape index (κ1) is 12.5. The smallest absolute Gasteiger partial charge is 0.270 e. The standard InChI is InChI=1S/C13H15BrN4O/c1-17-5-4-15-12(17)8-18(10-2-3-10)13(19)11-6-9(14)7-16-11/h4-7,10,16H,2-3,8H2,1H3. The molecule has 1 N–H and O–H groups in total. The Morgan fingerprint density at radius 1 is 1.63 bits per heavy atom. The number of imidazole rings is 1. The Morgan fingerprint density at radius 2 is 2.42 bits per heavy atom. The van der Waals surface area contributed by atoms with Gasteiger partial charge in [-0.3, -0.25) is 4.79 Å². The van der Waals surface area contributed by atoms with E-state index < -0.39 is 0 Å². The number of nitrogens with zero attached hydrogens (tertiary/aromatic N) is 3. The lowest BCUT2D eigenvalue weighted by molar-refractivity contribution is 0.0718. The molecule has 2 aromatic rings. The number of carbonyl (C=O) groups is 1. The summed E-state index contributed by atoms with van der Waals surface area (Å²) in [5.41, 5.74) is 0.619. The molecule has 1 aliphatic carbocycles. The molecule has 1 aliphatic rings. The summed E-state index contributed by atoms with van der Waals surface area (Å²) in [6.45, 7) is 0.559. The number of rotatable bonds is 4. The number of amides is 1. The first-order valence-corrected chi connectivity index (χ1v) is 7.05. The van der Waals surface area contributed by atoms with Gasteiger partial charge in [0, 0.05) is 36.2 Å². The van der Waals surface area contributed by atoms with E-state index in [1.54, 1.807) is 12.4 Å². The Bertz CT molecular complexity index is 599. The molecular weight excluding hydrogens is 308 g/mol. The van der Waals surface area contributed by atoms with Gasteiger partial charge in [-0.15, -0.1) is 0 Å². The van der Waals surface area contributed by atoms with E-state index in [4.69, 9.17) is 0 Å². The van der Waals surface area contributed by atoms with Gasteiger partial charge in [0.15, 0.2) is 0 Å². The van der Waals surface area contributed by atoms with E-state index in [9.17, 15) is 4.79 Å². The van der Waals surface area contributed by atoms with Gasteiger partial charge in [0.2, 0.25) is 0 Å². The quantitative estimate of drug-likeness (QED) is 0.939. The first-order chi connectivity index (χ1) is 9.15. The van der Waals surface area contributed by atoms with E-state index in [1.807, 2.05) is 28.8 Å². The zero-order valence-corrected chi connectivity index (χ0v) is 12.2. The van der Waals surface area contributed by atoms with Crippen LogP contribution in [0.15, 0.2) is 29.1 Å². The van der Waals surface area contributed by atoms with E-state index in [-0.39, 0.29) is 5.91 Å². The van der Waals surface area contributed by atoms with Crippen LogP contribution in [-0.2, 0) is 13.6 Å². The average Bonchev–Trinajstić information content (AvgIpc) is 3.01. The van der Waals surface area contributed by atoms with Crippen LogP contribution in [0.3, 0.4) is 0 Å². The molecule has 5 nitrogen and oxygen atoms in total. The Kier molecular flexibility index (Phi) is 3.18. The second-order valence-electron chi connectivity index (χ2n) is 4.85. The summed E-state index contributed by atoms with van der Waals surface area (Å²) in [6, 6.07) is 2.17. The molecule has 0 radical (unpaired) electrons. The monoisotopic (exact) mass is 322 g/mol. The largest absolute Gasteiger partial charge is 0.356 e. The van der Waals surface area contributed by atoms with Gasteiger partial charge in [0.05, 0.1) is 6.54 Å². The van der Waals surface area contributed by atoms with Crippen LogP contribution in [-0.4, -0.2) is 31.4 Å². The van der Waals surface area contributed by atoms with Gasteiger partial charge in [0.25, 0.3) is 5.91 Å². The highest BCUT2D eigenvalue weighted by Crippen LogP contribution is 2.29. The van der Waals surface area contributed by atoms with Gasteiger partial charge >= 0.3 is 0 Å². The Morgan fingerprint density at radius 3 is 2.95 bits per heavy atom. The molecule has 100 valence electrons. The Labute approximate surface area is 119 Å². The number of H-pyrrole nitrogens is 1. The summed E-state index contributed by atoms with van der Waals surface area (Å²) in [7, 11) is 1.95. The Hall–Kier alpha value is -1.56. The fourth-order valence-corrected chi connectivity index (χ4v) is 2.44. The molecule has 0 unspecified atom stereocenters. The van der Waals surface area contributed by atoms with Crippen LogP contribution in [0.5, 0.6) is 0 Å². The van der Waals surface area contributed by atoms with Gasteiger partial charge in [-0.1, -0.05) is 0 Å². The topological polar surface area (TPSA) is 53.9 Å². The van der Waals surface area contributed by atoms with Crippen molar-refractivity contribution in [3.05, 3.63) is 40.6 Å². The molecular formula is C13H15BrN4O. The van der Waals surface area contributed by atoms with Gasteiger partial charge in [-0.25, -0.2) is 4.98 Å². The lowest BCUT2D eigenvalue weighted by Crippen LogP contribution is -2.33. The normalized spacial score (nSPS) is 14.6. The van der Waals surface area contributed by atoms with E-state index in [0.717, 1.165) is 23.1 Å². The molecule has 2 heterocycles. The SMILES string of the molecule is Cn1ccnc1CN(C(=O)c1cc(Br)c[nH]1)C1CC1. The summed E-state index contributed by atoms with van der Waals surface area (Å²) in [5, 5.41) is 0. The van der Waals surface area contributed by atoms with Crippen LogP contribution in [0.2, 0.25) is 0 Å². The van der Waals surface area contributed by atoms with E-state index in [2.05, 4.69) is 25.9 Å². The maximum Gasteiger partial charge on any atom is 0.270 e. The maximum absolute atomic E-state index is 12.5. The minimum absolute atomic E-state index is 0.0381. The van der Waals surface area contributed by atoms with Crippen molar-refractivity contribution < 1.29 is 4.79 Å². The van der Waals surface area contributed by atoms with Crippen molar-refractivity contribution in [1.29, 1.82) is 0 Å². The number of aryl methyl sites for hydroxylation is 1. The third-order valence-corrected chi connectivity index (χ3v) is 3.82. The van der Waals surface area contributed by atoms with Crippen molar-refractivity contribution in [2.24, 2.45) is 7.05 Å². The molecule has 0 bridgehead atoms. The van der Waals surface area contributed by atoms with Crippen molar-refractivity contribution in [2.45, 2.75) is 25.4 Å². The van der Waals surface area contributed by atoms with E-state index in [0.29, 0.717) is 18.3 Å². The van der Waals surface area contributed by atoms with Gasteiger partial charge in [0.1, 0.15) is 11.5 Å². The predicted molar refractivity (Wildman–Crippen MR) is 74.6 cm³/mol. The molecule has 0 spiro atoms. The Balaban J connectivity index is 1.81. The fraction of sp³-hybridized carbons (Fsp3) is 0.385. The molecule has 0 aliphatic heterocycles. The highest BCUT2D eigenvalue weighted by molar-refractivity contribution is 9.10. The fourth-order valence-electron chi connectivity index (χ4n) is 2.10. The minimum atomic E-state index is 0.0381. The molecule has 3 rings (SSSR count). The average molecular weight is 323 g/mol. The molecule has 1 amide bonds. The lowest BCUT2D eigenvalue weighted by atomic mass is 10.3. The van der Waals surface area contributed by atoms with Crippen LogP contribution in [0.4, 0.5) is 0 Å². The summed E-state index contributed by atoms with van der Waals surface area (Å²) in [5.74, 6) is 0.946. The van der Waals surface area contributed by atoms with Crippen LogP contribution in [0, 0.1) is 0 Å². The highest BCUT2D eigenvalue weighted by atomic mass is 79.9. The second kappa shape index (κ2) is 4.85. The number of halogens is 1. The van der Waals surface area contributed by atoms with Crippen molar-refractivity contribution >= 4 is 21.8 Å². The van der Waals surface area contributed by atoms with Crippen LogP contribution in [0.25, 0.3) is 0 Å². The van der Waals surface area contributed by atoms with Crippen LogP contribution < -0.4 is 0 Å². The number of hydrogen-bond acceptors (Lipinski definition) is 2. The third-order valence-electron chi connectivity index (χ3n) is 3.36. The van der Waals surface area contributed by atoms with E-state index >= 15 is 0 Å². The van der Waals surface area contributed by atoms with Crippen molar-refractivity contribution in [3.8, 4) is 0 Å². The number of carbonyl (C=O) groups excluding carboxylic acids is 1. The molecule has 6 heteroatoms. The molecule has 0 saturated heterocycles. The summed E-state index contributed by atoms with van der Waals surface area (Å²) < 4.78 is 2.84. The molecule has 0 atom stereocenters. The number of aromatic amines is 1. The molecule has 19 heavy (non-hydrogen) atoms. The summed E-state index contributed by atoms with van der Waals surface area (Å²) in [4.78, 5) is 21.7. The minimum Gasteiger partial charge on any atom is -0.356 e. The zero-order valence-electron chi connectivity index (χ0n) is 10.6. The van der Waals surface area contributed by atoms with Gasteiger partial charge < -0.3 is 14.5 Å². The lowest BCUT2D eigenvalue weighted by Gasteiger charge is -2.21. The molecule has 2 aromatic heterocycles. The molecule has 1 fully saturated rings. The van der Waals surface area contributed by atoms with Crippen LogP contribution in [0.1, 0.15) is 29.2 Å². The van der Waals surface area contributed by atoms with Crippen LogP contribution >= 0.6 is 15.9 Å². The number of aromatic nitrogens is 3. The maximum atomic E-state index is 12.5. The van der Waals surface area contributed by atoms with Gasteiger partial charge in [-0.05, 0) is 34.8 Å². The highest BCUT2D eigenvalue weighted by Gasteiger charge is 2.34. The third kappa shape index (κ3) is 2.58.